The molecule has 4 heteroatoms. The lowest BCUT2D eigenvalue weighted by Gasteiger charge is -2.16. The molecule has 2 aromatic carbocycles. The van der Waals surface area contributed by atoms with E-state index in [1.165, 1.54) is 31.2 Å². The van der Waals surface area contributed by atoms with Crippen LogP contribution < -0.4 is 14.8 Å². The van der Waals surface area contributed by atoms with Gasteiger partial charge in [-0.3, -0.25) is 0 Å². The normalized spacial score (nSPS) is 10.7. The average Bonchev–Trinajstić information content (AvgIpc) is 2.65. The fourth-order valence-corrected chi connectivity index (χ4v) is 3.37. The van der Waals surface area contributed by atoms with E-state index in [4.69, 9.17) is 9.47 Å². The van der Waals surface area contributed by atoms with E-state index in [0.29, 0.717) is 13.2 Å². The van der Waals surface area contributed by atoms with E-state index in [1.807, 2.05) is 25.1 Å². The van der Waals surface area contributed by atoms with Crippen molar-refractivity contribution in [2.75, 3.05) is 13.2 Å². The molecule has 0 aliphatic rings. The van der Waals surface area contributed by atoms with Gasteiger partial charge in [0.2, 0.25) is 0 Å². The van der Waals surface area contributed by atoms with Crippen molar-refractivity contribution in [2.45, 2.75) is 52.7 Å². The van der Waals surface area contributed by atoms with E-state index >= 15 is 0 Å². The molecule has 2 aromatic rings. The van der Waals surface area contributed by atoms with E-state index in [0.717, 1.165) is 34.6 Å². The van der Waals surface area contributed by atoms with Crippen molar-refractivity contribution < 1.29 is 9.47 Å². The number of rotatable bonds is 12. The van der Waals surface area contributed by atoms with Crippen LogP contribution in [0.1, 0.15) is 50.7 Å². The minimum atomic E-state index is 0.522. The third-order valence-corrected chi connectivity index (χ3v) is 4.72. The maximum Gasteiger partial charge on any atom is 0.175 e. The maximum atomic E-state index is 6.04. The Morgan fingerprint density at radius 2 is 1.73 bits per heavy atom. The lowest BCUT2D eigenvalue weighted by molar-refractivity contribution is 0.267. The average molecular weight is 420 g/mol. The minimum Gasteiger partial charge on any atom is -0.490 e. The molecule has 1 N–H and O–H groups in total. The number of hydrogen-bond acceptors (Lipinski definition) is 3. The lowest BCUT2D eigenvalue weighted by atomic mass is 10.1. The quantitative estimate of drug-likeness (QED) is 0.421. The Labute approximate surface area is 166 Å². The van der Waals surface area contributed by atoms with E-state index < -0.39 is 0 Å². The minimum absolute atomic E-state index is 0.522. The predicted molar refractivity (Wildman–Crippen MR) is 112 cm³/mol. The Bertz CT molecular complexity index is 646. The highest BCUT2D eigenvalue weighted by atomic mass is 79.9. The summed E-state index contributed by atoms with van der Waals surface area (Å²) in [5.41, 5.74) is 2.34. The van der Waals surface area contributed by atoms with Gasteiger partial charge in [-0.1, -0.05) is 56.5 Å². The number of unbranched alkanes of at least 4 members (excludes halogenated alkanes) is 3. The SMILES string of the molecule is CCCCCCNCc1cc(Br)c(OCc2ccccc2)c(OCC)c1. The lowest BCUT2D eigenvalue weighted by Crippen LogP contribution is -2.15. The molecular weight excluding hydrogens is 390 g/mol. The third kappa shape index (κ3) is 7.00. The molecule has 0 heterocycles. The highest BCUT2D eigenvalue weighted by Crippen LogP contribution is 2.37. The Morgan fingerprint density at radius 1 is 0.923 bits per heavy atom. The molecule has 26 heavy (non-hydrogen) atoms. The van der Waals surface area contributed by atoms with Gasteiger partial charge in [0.25, 0.3) is 0 Å². The molecule has 0 saturated heterocycles. The smallest absolute Gasteiger partial charge is 0.175 e. The fraction of sp³-hybridized carbons (Fsp3) is 0.455. The number of nitrogens with one attached hydrogen (secondary N) is 1. The van der Waals surface area contributed by atoms with Crippen LogP contribution in [0, 0.1) is 0 Å². The van der Waals surface area contributed by atoms with E-state index in [9.17, 15) is 0 Å². The number of halogens is 1. The summed E-state index contributed by atoms with van der Waals surface area (Å²) >= 11 is 3.65. The summed E-state index contributed by atoms with van der Waals surface area (Å²) in [5, 5.41) is 3.52. The van der Waals surface area contributed by atoms with Gasteiger partial charge in [-0.15, -0.1) is 0 Å². The summed E-state index contributed by atoms with van der Waals surface area (Å²) in [4.78, 5) is 0. The molecule has 0 amide bonds. The third-order valence-electron chi connectivity index (χ3n) is 4.13. The van der Waals surface area contributed by atoms with Crippen LogP contribution in [0.5, 0.6) is 11.5 Å². The fourth-order valence-electron chi connectivity index (χ4n) is 2.77. The second-order valence-corrected chi connectivity index (χ2v) is 7.20. The van der Waals surface area contributed by atoms with Gasteiger partial charge in [-0.25, -0.2) is 0 Å². The first kappa shape index (κ1) is 20.8. The number of benzene rings is 2. The summed E-state index contributed by atoms with van der Waals surface area (Å²) < 4.78 is 12.8. The first-order valence-corrected chi connectivity index (χ1v) is 10.4. The van der Waals surface area contributed by atoms with Crippen LogP contribution in [-0.2, 0) is 13.2 Å². The molecule has 0 saturated carbocycles. The van der Waals surface area contributed by atoms with Crippen LogP contribution >= 0.6 is 15.9 Å². The second-order valence-electron chi connectivity index (χ2n) is 6.35. The van der Waals surface area contributed by atoms with Crippen molar-refractivity contribution in [3.05, 3.63) is 58.1 Å². The van der Waals surface area contributed by atoms with Crippen LogP contribution in [-0.4, -0.2) is 13.2 Å². The molecule has 0 atom stereocenters. The largest absolute Gasteiger partial charge is 0.490 e. The first-order chi connectivity index (χ1) is 12.7. The monoisotopic (exact) mass is 419 g/mol. The van der Waals surface area contributed by atoms with Crippen molar-refractivity contribution in [2.24, 2.45) is 0 Å². The Kier molecular flexibility index (Phi) is 9.57. The Balaban J connectivity index is 1.97. The van der Waals surface area contributed by atoms with Crippen molar-refractivity contribution in [1.29, 1.82) is 0 Å². The molecule has 0 bridgehead atoms. The van der Waals surface area contributed by atoms with Crippen molar-refractivity contribution in [3.8, 4) is 11.5 Å². The van der Waals surface area contributed by atoms with E-state index in [-0.39, 0.29) is 0 Å². The van der Waals surface area contributed by atoms with Crippen LogP contribution in [0.3, 0.4) is 0 Å². The summed E-state index contributed by atoms with van der Waals surface area (Å²) in [5.74, 6) is 1.56. The number of hydrogen-bond donors (Lipinski definition) is 1. The summed E-state index contributed by atoms with van der Waals surface area (Å²) in [6, 6.07) is 14.4. The first-order valence-electron chi connectivity index (χ1n) is 9.57. The van der Waals surface area contributed by atoms with Crippen molar-refractivity contribution in [3.63, 3.8) is 0 Å². The molecule has 0 aliphatic carbocycles. The molecule has 3 nitrogen and oxygen atoms in total. The van der Waals surface area contributed by atoms with Gasteiger partial charge in [0.15, 0.2) is 11.5 Å². The predicted octanol–water partition coefficient (Wildman–Crippen LogP) is 6.10. The van der Waals surface area contributed by atoms with Crippen molar-refractivity contribution in [1.82, 2.24) is 5.32 Å². The Morgan fingerprint density at radius 3 is 2.46 bits per heavy atom. The van der Waals surface area contributed by atoms with Crippen molar-refractivity contribution >= 4 is 15.9 Å². The molecule has 0 spiro atoms. The summed E-state index contributed by atoms with van der Waals surface area (Å²) in [6.07, 6.45) is 5.11. The van der Waals surface area contributed by atoms with Crippen LogP contribution in [0.15, 0.2) is 46.9 Å². The summed E-state index contributed by atoms with van der Waals surface area (Å²) in [7, 11) is 0. The maximum absolute atomic E-state index is 6.04. The molecule has 0 aromatic heterocycles. The molecule has 0 unspecified atom stereocenters. The standard InChI is InChI=1S/C22H30BrNO2/c1-3-5-6-10-13-24-16-19-14-20(23)22(21(15-19)25-4-2)26-17-18-11-8-7-9-12-18/h7-9,11-12,14-15,24H,3-6,10,13,16-17H2,1-2H3. The van der Waals surface area contributed by atoms with E-state index in [2.05, 4.69) is 52.4 Å². The van der Waals surface area contributed by atoms with Crippen LogP contribution in [0.25, 0.3) is 0 Å². The zero-order chi connectivity index (χ0) is 18.6. The Hall–Kier alpha value is -1.52. The number of ether oxygens (including phenoxy) is 2. The van der Waals surface area contributed by atoms with Gasteiger partial charge < -0.3 is 14.8 Å². The van der Waals surface area contributed by atoms with Crippen LogP contribution in [0.4, 0.5) is 0 Å². The molecule has 142 valence electrons. The van der Waals surface area contributed by atoms with Gasteiger partial charge in [-0.05, 0) is 59.1 Å². The molecule has 2 rings (SSSR count). The molecule has 0 aliphatic heterocycles. The summed E-state index contributed by atoms with van der Waals surface area (Å²) in [6.45, 7) is 7.25. The zero-order valence-corrected chi connectivity index (χ0v) is 17.5. The highest BCUT2D eigenvalue weighted by Gasteiger charge is 2.12. The van der Waals surface area contributed by atoms with E-state index in [1.54, 1.807) is 0 Å². The van der Waals surface area contributed by atoms with Gasteiger partial charge in [0, 0.05) is 6.54 Å². The topological polar surface area (TPSA) is 30.5 Å². The van der Waals surface area contributed by atoms with Gasteiger partial charge in [-0.2, -0.15) is 0 Å². The molecular formula is C22H30BrNO2. The highest BCUT2D eigenvalue weighted by molar-refractivity contribution is 9.10. The van der Waals surface area contributed by atoms with Gasteiger partial charge in [0.05, 0.1) is 11.1 Å². The van der Waals surface area contributed by atoms with Gasteiger partial charge >= 0.3 is 0 Å². The zero-order valence-electron chi connectivity index (χ0n) is 15.9. The molecule has 0 fully saturated rings. The van der Waals surface area contributed by atoms with Gasteiger partial charge in [0.1, 0.15) is 6.61 Å². The van der Waals surface area contributed by atoms with Crippen LogP contribution in [0.2, 0.25) is 0 Å². The second kappa shape index (κ2) is 12.0. The molecule has 0 radical (unpaired) electrons.